The van der Waals surface area contributed by atoms with Gasteiger partial charge in [0.1, 0.15) is 12.1 Å². The second-order valence-corrected chi connectivity index (χ2v) is 7.77. The number of quaternary nitrogens is 1. The molecule has 3 unspecified atom stereocenters. The summed E-state index contributed by atoms with van der Waals surface area (Å²) in [4.78, 5) is 36.8. The normalized spacial score (nSPS) is 15.0. The molecule has 0 heterocycles. The zero-order chi connectivity index (χ0) is 19.7. The summed E-state index contributed by atoms with van der Waals surface area (Å²) in [5.74, 6) is -0.673. The zero-order valence-electron chi connectivity index (χ0n) is 16.7. The van der Waals surface area contributed by atoms with Gasteiger partial charge in [-0.2, -0.15) is 0 Å². The van der Waals surface area contributed by atoms with Crippen LogP contribution in [0.2, 0.25) is 0 Å². The Hall–Kier alpha value is -1.63. The van der Waals surface area contributed by atoms with E-state index >= 15 is 0 Å². The minimum absolute atomic E-state index is 0.117. The van der Waals surface area contributed by atoms with Crippen molar-refractivity contribution < 1.29 is 24.9 Å². The van der Waals surface area contributed by atoms with Crippen LogP contribution in [0.25, 0.3) is 0 Å². The Kier molecular flexibility index (Phi) is 10.4. The number of nitrogens with one attached hydrogen (secondary N) is 2. The Bertz CT molecular complexity index is 450. The summed E-state index contributed by atoms with van der Waals surface area (Å²) in [7, 11) is 1.29. The predicted octanol–water partition coefficient (Wildman–Crippen LogP) is 0.488. The molecule has 0 radical (unpaired) electrons. The van der Waals surface area contributed by atoms with E-state index in [0.717, 1.165) is 0 Å². The van der Waals surface area contributed by atoms with E-state index in [1.54, 1.807) is 0 Å². The number of hydrogen-bond donors (Lipinski definition) is 3. The molecule has 7 heteroatoms. The van der Waals surface area contributed by atoms with Crippen LogP contribution in [0, 0.1) is 17.8 Å². The Balaban J connectivity index is 5.08. The van der Waals surface area contributed by atoms with Gasteiger partial charge in [-0.25, -0.2) is 4.79 Å². The van der Waals surface area contributed by atoms with E-state index in [1.807, 2.05) is 41.5 Å². The lowest BCUT2D eigenvalue weighted by molar-refractivity contribution is -0.406. The third-order valence-electron chi connectivity index (χ3n) is 3.89. The van der Waals surface area contributed by atoms with Gasteiger partial charge in [-0.05, 0) is 24.2 Å². The number of esters is 1. The van der Waals surface area contributed by atoms with E-state index in [1.165, 1.54) is 7.11 Å². The molecule has 0 aliphatic carbocycles. The number of rotatable bonds is 10. The van der Waals surface area contributed by atoms with Crippen LogP contribution < -0.4 is 16.4 Å². The summed E-state index contributed by atoms with van der Waals surface area (Å²) in [6, 6.07) is -1.85. The highest BCUT2D eigenvalue weighted by molar-refractivity contribution is 5.91. The van der Waals surface area contributed by atoms with Crippen molar-refractivity contribution in [1.82, 2.24) is 10.6 Å². The van der Waals surface area contributed by atoms with E-state index in [4.69, 9.17) is 4.74 Å². The lowest BCUT2D eigenvalue weighted by Crippen LogP contribution is -2.69. The molecule has 0 spiro atoms. The van der Waals surface area contributed by atoms with E-state index < -0.39 is 24.1 Å². The lowest BCUT2D eigenvalue weighted by Gasteiger charge is -2.25. The Morgan fingerprint density at radius 1 is 0.880 bits per heavy atom. The van der Waals surface area contributed by atoms with E-state index in [9.17, 15) is 14.4 Å². The number of methoxy groups -OCH3 is 1. The average Bonchev–Trinajstić information content (AvgIpc) is 2.49. The maximum atomic E-state index is 12.6. The highest BCUT2D eigenvalue weighted by Crippen LogP contribution is 2.09. The van der Waals surface area contributed by atoms with Gasteiger partial charge in [-0.15, -0.1) is 0 Å². The Morgan fingerprint density at radius 2 is 1.40 bits per heavy atom. The highest BCUT2D eigenvalue weighted by Gasteiger charge is 2.31. The van der Waals surface area contributed by atoms with Crippen molar-refractivity contribution in [3.05, 3.63) is 0 Å². The topological polar surface area (TPSA) is 112 Å². The van der Waals surface area contributed by atoms with Crippen LogP contribution in [0.1, 0.15) is 54.4 Å². The molecule has 0 fully saturated rings. The van der Waals surface area contributed by atoms with Crippen LogP contribution in [0.4, 0.5) is 0 Å². The van der Waals surface area contributed by atoms with Crippen LogP contribution in [-0.2, 0) is 19.1 Å². The number of amides is 2. The summed E-state index contributed by atoms with van der Waals surface area (Å²) >= 11 is 0. The Morgan fingerprint density at radius 3 is 1.80 bits per heavy atom. The standard InChI is InChI=1S/C18H35N3O4/c1-10(2)8-13(19)16(22)20-14(9-11(3)4)17(23)21-15(12(5)6)18(24)25-7/h10-15H,8-9,19H2,1-7H3,(H,20,22)(H,21,23)/p+1. The van der Waals surface area contributed by atoms with Crippen molar-refractivity contribution in [3.63, 3.8) is 0 Å². The van der Waals surface area contributed by atoms with E-state index in [-0.39, 0.29) is 23.7 Å². The quantitative estimate of drug-likeness (QED) is 0.493. The van der Waals surface area contributed by atoms with Gasteiger partial charge >= 0.3 is 5.97 Å². The van der Waals surface area contributed by atoms with Gasteiger partial charge in [0, 0.05) is 6.42 Å². The van der Waals surface area contributed by atoms with Crippen molar-refractivity contribution >= 4 is 17.8 Å². The molecule has 0 saturated carbocycles. The van der Waals surface area contributed by atoms with Crippen LogP contribution >= 0.6 is 0 Å². The van der Waals surface area contributed by atoms with Gasteiger partial charge < -0.3 is 21.1 Å². The van der Waals surface area contributed by atoms with Crippen molar-refractivity contribution in [2.24, 2.45) is 17.8 Å². The molecule has 0 bridgehead atoms. The molecular weight excluding hydrogens is 322 g/mol. The molecule has 0 aromatic rings. The van der Waals surface area contributed by atoms with Gasteiger partial charge in [0.05, 0.1) is 7.11 Å². The first-order valence-corrected chi connectivity index (χ1v) is 9.01. The monoisotopic (exact) mass is 358 g/mol. The minimum atomic E-state index is -0.740. The van der Waals surface area contributed by atoms with Gasteiger partial charge in [0.25, 0.3) is 5.91 Å². The molecule has 2 amide bonds. The molecule has 3 atom stereocenters. The molecule has 146 valence electrons. The van der Waals surface area contributed by atoms with Crippen LogP contribution in [0.5, 0.6) is 0 Å². The third kappa shape index (κ3) is 8.86. The maximum Gasteiger partial charge on any atom is 0.328 e. The lowest BCUT2D eigenvalue weighted by atomic mass is 9.99. The van der Waals surface area contributed by atoms with Crippen LogP contribution in [0.3, 0.4) is 0 Å². The number of carbonyl (C=O) groups excluding carboxylic acids is 3. The first-order chi connectivity index (χ1) is 11.5. The first kappa shape index (κ1) is 23.4. The fourth-order valence-electron chi connectivity index (χ4n) is 2.55. The molecular formula is C18H36N3O4+. The predicted molar refractivity (Wildman–Crippen MR) is 96.3 cm³/mol. The molecule has 25 heavy (non-hydrogen) atoms. The average molecular weight is 359 g/mol. The zero-order valence-corrected chi connectivity index (χ0v) is 16.7. The second-order valence-electron chi connectivity index (χ2n) is 7.77. The van der Waals surface area contributed by atoms with Crippen molar-refractivity contribution in [1.29, 1.82) is 0 Å². The molecule has 0 rings (SSSR count). The largest absolute Gasteiger partial charge is 0.467 e. The summed E-state index contributed by atoms with van der Waals surface area (Å²) in [5.41, 5.74) is 3.88. The fourth-order valence-corrected chi connectivity index (χ4v) is 2.55. The van der Waals surface area contributed by atoms with Crippen molar-refractivity contribution in [3.8, 4) is 0 Å². The SMILES string of the molecule is COC(=O)C(NC(=O)C(CC(C)C)NC(=O)C([NH3+])CC(C)C)C(C)C. The molecule has 7 nitrogen and oxygen atoms in total. The first-order valence-electron chi connectivity index (χ1n) is 9.01. The van der Waals surface area contributed by atoms with Crippen LogP contribution in [-0.4, -0.2) is 43.0 Å². The van der Waals surface area contributed by atoms with Gasteiger partial charge in [0.2, 0.25) is 5.91 Å². The van der Waals surface area contributed by atoms with Gasteiger partial charge in [-0.3, -0.25) is 9.59 Å². The summed E-state index contributed by atoms with van der Waals surface area (Å²) < 4.78 is 4.75. The maximum absolute atomic E-state index is 12.6. The molecule has 0 saturated heterocycles. The van der Waals surface area contributed by atoms with Crippen LogP contribution in [0.15, 0.2) is 0 Å². The van der Waals surface area contributed by atoms with E-state index in [0.29, 0.717) is 18.8 Å². The molecule has 5 N–H and O–H groups in total. The third-order valence-corrected chi connectivity index (χ3v) is 3.89. The molecule has 0 aliphatic rings. The van der Waals surface area contributed by atoms with Crippen molar-refractivity contribution in [2.75, 3.05) is 7.11 Å². The highest BCUT2D eigenvalue weighted by atomic mass is 16.5. The van der Waals surface area contributed by atoms with Gasteiger partial charge in [-0.1, -0.05) is 41.5 Å². The minimum Gasteiger partial charge on any atom is -0.467 e. The summed E-state index contributed by atoms with van der Waals surface area (Å²) in [6.45, 7) is 11.6. The van der Waals surface area contributed by atoms with E-state index in [2.05, 4.69) is 16.4 Å². The second kappa shape index (κ2) is 11.1. The van der Waals surface area contributed by atoms with Gasteiger partial charge in [0.15, 0.2) is 6.04 Å². The summed E-state index contributed by atoms with van der Waals surface area (Å²) in [6.07, 6.45) is 1.14. The number of hydrogen-bond acceptors (Lipinski definition) is 4. The summed E-state index contributed by atoms with van der Waals surface area (Å²) in [5, 5.41) is 5.50. The smallest absolute Gasteiger partial charge is 0.328 e. The Labute approximate surface area is 151 Å². The molecule has 0 aromatic carbocycles. The molecule has 0 aromatic heterocycles. The molecule has 0 aliphatic heterocycles. The van der Waals surface area contributed by atoms with Crippen molar-refractivity contribution in [2.45, 2.75) is 72.5 Å². The number of ether oxygens (including phenoxy) is 1. The fraction of sp³-hybridized carbons (Fsp3) is 0.833. The number of carbonyl (C=O) groups is 3.